The molecule has 1 aromatic heterocycles. The number of benzene rings is 1. The van der Waals surface area contributed by atoms with Crippen LogP contribution < -0.4 is 16.2 Å². The molecule has 0 unspecified atom stereocenters. The van der Waals surface area contributed by atoms with E-state index in [2.05, 4.69) is 26.8 Å². The first-order chi connectivity index (χ1) is 15.2. The van der Waals surface area contributed by atoms with E-state index in [1.54, 1.807) is 13.8 Å². The third kappa shape index (κ3) is 6.78. The Hall–Kier alpha value is -3.45. The van der Waals surface area contributed by atoms with Crippen LogP contribution in [0.2, 0.25) is 0 Å². The lowest BCUT2D eigenvalue weighted by atomic mass is 9.97. The number of primary amides is 1. The summed E-state index contributed by atoms with van der Waals surface area (Å²) in [7, 11) is 1.47. The highest BCUT2D eigenvalue weighted by atomic mass is 32.2. The number of thioether (sulfide) groups is 1. The quantitative estimate of drug-likeness (QED) is 0.356. The van der Waals surface area contributed by atoms with E-state index in [0.717, 1.165) is 11.8 Å². The predicted octanol–water partition coefficient (Wildman–Crippen LogP) is 2.95. The molecule has 10 heteroatoms. The number of ether oxygens (including phenoxy) is 1. The van der Waals surface area contributed by atoms with E-state index in [1.165, 1.54) is 43.7 Å². The molecule has 0 bridgehead atoms. The number of carbonyl (C=O) groups excluding carboxylic acids is 1. The molecule has 0 saturated heterocycles. The summed E-state index contributed by atoms with van der Waals surface area (Å²) in [5, 5.41) is 0.140. The molecular weight excluding hydrogens is 436 g/mol. The fourth-order valence-electron chi connectivity index (χ4n) is 2.55. The first-order valence-corrected chi connectivity index (χ1v) is 10.2. The molecule has 0 fully saturated rings. The van der Waals surface area contributed by atoms with E-state index in [-0.39, 0.29) is 35.3 Å². The number of halogens is 2. The Bertz CT molecular complexity index is 1090. The zero-order valence-corrected chi connectivity index (χ0v) is 18.7. The Morgan fingerprint density at radius 1 is 1.34 bits per heavy atom. The molecule has 7 nitrogen and oxygen atoms in total. The number of rotatable bonds is 8. The second kappa shape index (κ2) is 11.2. The molecule has 1 atom stereocenters. The van der Waals surface area contributed by atoms with Crippen LogP contribution in [-0.4, -0.2) is 39.4 Å². The van der Waals surface area contributed by atoms with Gasteiger partial charge < -0.3 is 16.2 Å². The highest BCUT2D eigenvalue weighted by Crippen LogP contribution is 2.31. The van der Waals surface area contributed by atoms with Crippen LogP contribution in [0.3, 0.4) is 0 Å². The fraction of sp³-hybridized carbons (Fsp3) is 0.273. The number of nitrogens with zero attached hydrogens (tertiary/aromatic N) is 3. The largest absolute Gasteiger partial charge is 0.463 e. The Morgan fingerprint density at radius 2 is 2.09 bits per heavy atom. The van der Waals surface area contributed by atoms with Crippen LogP contribution in [0, 0.1) is 17.7 Å². The molecule has 0 aliphatic carbocycles. The van der Waals surface area contributed by atoms with Gasteiger partial charge in [-0.25, -0.2) is 18.7 Å². The molecule has 1 aromatic carbocycles. The van der Waals surface area contributed by atoms with Crippen LogP contribution in [0.4, 0.5) is 8.78 Å². The van der Waals surface area contributed by atoms with Gasteiger partial charge in [-0.15, -0.1) is 5.92 Å². The highest BCUT2D eigenvalue weighted by Gasteiger charge is 2.34. The number of aliphatic imine (C=N–C) groups is 1. The van der Waals surface area contributed by atoms with Crippen molar-refractivity contribution in [2.75, 3.05) is 13.7 Å². The molecule has 0 saturated carbocycles. The molecule has 168 valence electrons. The zero-order chi connectivity index (χ0) is 23.7. The summed E-state index contributed by atoms with van der Waals surface area (Å²) in [6, 6.07) is 4.03. The molecule has 0 aliphatic heterocycles. The van der Waals surface area contributed by atoms with Crippen molar-refractivity contribution in [3.05, 3.63) is 53.2 Å². The molecular formula is C22H23F2N5O2S. The number of hydrogen-bond acceptors (Lipinski definition) is 6. The van der Waals surface area contributed by atoms with Crippen LogP contribution in [0.1, 0.15) is 30.7 Å². The minimum atomic E-state index is -1.24. The SMILES string of the molecule is CC#CCOc1cnc(/C(F)=C/c2ccc(F)c(C[C@@](C)(SC(N)=NC)C(N)=O)c2)cn1. The van der Waals surface area contributed by atoms with Crippen molar-refractivity contribution in [3.63, 3.8) is 0 Å². The lowest BCUT2D eigenvalue weighted by Gasteiger charge is -2.25. The van der Waals surface area contributed by atoms with Gasteiger partial charge in [0.25, 0.3) is 0 Å². The zero-order valence-electron chi connectivity index (χ0n) is 17.9. The summed E-state index contributed by atoms with van der Waals surface area (Å²) >= 11 is 0.942. The van der Waals surface area contributed by atoms with Crippen LogP contribution in [-0.2, 0) is 11.2 Å². The first kappa shape index (κ1) is 24.8. The van der Waals surface area contributed by atoms with Gasteiger partial charge in [0, 0.05) is 7.05 Å². The fourth-order valence-corrected chi connectivity index (χ4v) is 3.43. The molecule has 4 N–H and O–H groups in total. The molecule has 32 heavy (non-hydrogen) atoms. The Balaban J connectivity index is 2.26. The maximum Gasteiger partial charge on any atom is 0.234 e. The summed E-state index contributed by atoms with van der Waals surface area (Å²) in [5.74, 6) is 3.69. The average molecular weight is 460 g/mol. The van der Waals surface area contributed by atoms with E-state index in [1.807, 2.05) is 0 Å². The summed E-state index contributed by atoms with van der Waals surface area (Å²) in [6.07, 6.45) is 3.63. The standard InChI is InChI=1S/C22H23F2N5O2S/c1-4-5-8-31-19-13-28-18(12-29-19)17(24)10-14-6-7-16(23)15(9-14)11-22(2,20(25)30)32-21(26)27-3/h6-7,9-10,12-13H,8,11H2,1-3H3,(H2,25,30)(H2,26,27)/b17-10-/t22-/m1/s1. The number of hydrogen-bond donors (Lipinski definition) is 2. The number of amidine groups is 1. The second-order valence-corrected chi connectivity index (χ2v) is 8.26. The van der Waals surface area contributed by atoms with Crippen molar-refractivity contribution in [1.82, 2.24) is 9.97 Å². The smallest absolute Gasteiger partial charge is 0.234 e. The summed E-state index contributed by atoms with van der Waals surface area (Å²) in [6.45, 7) is 3.38. The van der Waals surface area contributed by atoms with Gasteiger partial charge in [-0.3, -0.25) is 9.79 Å². The third-order valence-electron chi connectivity index (χ3n) is 4.30. The van der Waals surface area contributed by atoms with E-state index in [9.17, 15) is 13.6 Å². The highest BCUT2D eigenvalue weighted by molar-refractivity contribution is 8.15. The Morgan fingerprint density at radius 3 is 2.69 bits per heavy atom. The minimum absolute atomic E-state index is 0.0192. The topological polar surface area (TPSA) is 116 Å². The monoisotopic (exact) mass is 459 g/mol. The Kier molecular flexibility index (Phi) is 8.72. The van der Waals surface area contributed by atoms with Gasteiger partial charge in [0.15, 0.2) is 17.6 Å². The first-order valence-electron chi connectivity index (χ1n) is 9.40. The van der Waals surface area contributed by atoms with Crippen molar-refractivity contribution in [1.29, 1.82) is 0 Å². The van der Waals surface area contributed by atoms with Gasteiger partial charge in [0.1, 0.15) is 16.3 Å². The van der Waals surface area contributed by atoms with Crippen LogP contribution >= 0.6 is 11.8 Å². The van der Waals surface area contributed by atoms with Crippen molar-refractivity contribution < 1.29 is 18.3 Å². The summed E-state index contributed by atoms with van der Waals surface area (Å²) in [5.41, 5.74) is 11.8. The lowest BCUT2D eigenvalue weighted by Crippen LogP contribution is -2.42. The number of carbonyl (C=O) groups is 1. The molecule has 2 aromatic rings. The van der Waals surface area contributed by atoms with Crippen molar-refractivity contribution in [3.8, 4) is 17.7 Å². The van der Waals surface area contributed by atoms with Crippen molar-refractivity contribution in [2.45, 2.75) is 25.0 Å². The van der Waals surface area contributed by atoms with Crippen LogP contribution in [0.15, 0.2) is 35.6 Å². The average Bonchev–Trinajstić information content (AvgIpc) is 2.76. The number of aromatic nitrogens is 2. The van der Waals surface area contributed by atoms with Gasteiger partial charge in [-0.05, 0) is 49.6 Å². The van der Waals surface area contributed by atoms with Gasteiger partial charge in [-0.2, -0.15) is 0 Å². The lowest BCUT2D eigenvalue weighted by molar-refractivity contribution is -0.119. The third-order valence-corrected chi connectivity index (χ3v) is 5.49. The molecule has 0 aliphatic rings. The normalized spacial score (nSPS) is 13.7. The maximum absolute atomic E-state index is 14.7. The van der Waals surface area contributed by atoms with E-state index in [0.29, 0.717) is 5.56 Å². The van der Waals surface area contributed by atoms with E-state index in [4.69, 9.17) is 16.2 Å². The van der Waals surface area contributed by atoms with Gasteiger partial charge in [-0.1, -0.05) is 23.7 Å². The molecule has 0 spiro atoms. The molecule has 2 rings (SSSR count). The van der Waals surface area contributed by atoms with E-state index < -0.39 is 22.3 Å². The van der Waals surface area contributed by atoms with Crippen molar-refractivity contribution >= 4 is 34.7 Å². The number of amides is 1. The van der Waals surface area contributed by atoms with Crippen LogP contribution in [0.5, 0.6) is 5.88 Å². The minimum Gasteiger partial charge on any atom is -0.463 e. The molecule has 0 radical (unpaired) electrons. The summed E-state index contributed by atoms with van der Waals surface area (Å²) < 4.78 is 33.1. The van der Waals surface area contributed by atoms with Gasteiger partial charge >= 0.3 is 0 Å². The predicted molar refractivity (Wildman–Crippen MR) is 123 cm³/mol. The van der Waals surface area contributed by atoms with Crippen molar-refractivity contribution in [2.24, 2.45) is 16.5 Å². The van der Waals surface area contributed by atoms with Gasteiger partial charge in [0.2, 0.25) is 11.8 Å². The maximum atomic E-state index is 14.7. The van der Waals surface area contributed by atoms with E-state index >= 15 is 0 Å². The second-order valence-electron chi connectivity index (χ2n) is 6.73. The summed E-state index contributed by atoms with van der Waals surface area (Å²) in [4.78, 5) is 23.8. The number of nitrogens with two attached hydrogens (primary N) is 2. The molecule has 1 heterocycles. The van der Waals surface area contributed by atoms with Gasteiger partial charge in [0.05, 0.1) is 12.4 Å². The molecule has 1 amide bonds. The van der Waals surface area contributed by atoms with Crippen LogP contribution in [0.25, 0.3) is 11.9 Å². The Labute approximate surface area is 189 Å².